The van der Waals surface area contributed by atoms with Crippen LogP contribution in [0.2, 0.25) is 0 Å². The first-order chi connectivity index (χ1) is 8.84. The molecule has 1 aliphatic rings. The number of nitrogens with zero attached hydrogens (tertiary/aromatic N) is 1. The lowest BCUT2D eigenvalue weighted by molar-refractivity contribution is 0.0391. The van der Waals surface area contributed by atoms with E-state index in [4.69, 9.17) is 10.5 Å². The minimum Gasteiger partial charge on any atom is -0.399 e. The molecular formula is C11H14F2N2O3S. The van der Waals surface area contributed by atoms with Crippen LogP contribution in [0.3, 0.4) is 0 Å². The Morgan fingerprint density at radius 3 is 2.74 bits per heavy atom. The number of benzene rings is 1. The number of nitrogen functional groups attached to an aromatic ring is 1. The van der Waals surface area contributed by atoms with Gasteiger partial charge < -0.3 is 10.5 Å². The summed E-state index contributed by atoms with van der Waals surface area (Å²) >= 11 is 0. The van der Waals surface area contributed by atoms with Gasteiger partial charge in [0.05, 0.1) is 13.2 Å². The normalized spacial score (nSPS) is 21.5. The summed E-state index contributed by atoms with van der Waals surface area (Å²) in [4.78, 5) is -0.737. The van der Waals surface area contributed by atoms with Crippen molar-refractivity contribution < 1.29 is 21.9 Å². The first-order valence-corrected chi connectivity index (χ1v) is 7.12. The van der Waals surface area contributed by atoms with Crippen LogP contribution in [0.15, 0.2) is 17.0 Å². The number of sulfonamides is 1. The molecular weight excluding hydrogens is 278 g/mol. The largest absolute Gasteiger partial charge is 0.399 e. The summed E-state index contributed by atoms with van der Waals surface area (Å²) < 4.78 is 57.8. The molecule has 1 aromatic carbocycles. The lowest BCUT2D eigenvalue weighted by Crippen LogP contribution is -2.47. The number of ether oxygens (including phenoxy) is 1. The Bertz CT molecular complexity index is 592. The summed E-state index contributed by atoms with van der Waals surface area (Å²) in [5.74, 6) is -2.69. The Kier molecular flexibility index (Phi) is 3.75. The van der Waals surface area contributed by atoms with E-state index in [1.807, 2.05) is 0 Å². The smallest absolute Gasteiger partial charge is 0.246 e. The van der Waals surface area contributed by atoms with E-state index in [0.717, 1.165) is 16.4 Å². The summed E-state index contributed by atoms with van der Waals surface area (Å²) in [5.41, 5.74) is 5.23. The third-order valence-corrected chi connectivity index (χ3v) is 4.92. The van der Waals surface area contributed by atoms with Crippen LogP contribution in [0, 0.1) is 11.6 Å². The number of rotatable bonds is 2. The molecule has 0 saturated carbocycles. The third kappa shape index (κ3) is 2.56. The fourth-order valence-electron chi connectivity index (χ4n) is 1.97. The maximum atomic E-state index is 13.7. The van der Waals surface area contributed by atoms with Crippen LogP contribution in [0.1, 0.15) is 6.92 Å². The molecule has 0 amide bonds. The van der Waals surface area contributed by atoms with Gasteiger partial charge in [0.1, 0.15) is 4.90 Å². The van der Waals surface area contributed by atoms with Gasteiger partial charge in [-0.05, 0) is 19.1 Å². The van der Waals surface area contributed by atoms with Crippen LogP contribution in [-0.2, 0) is 14.8 Å². The van der Waals surface area contributed by atoms with E-state index >= 15 is 0 Å². The van der Waals surface area contributed by atoms with Crippen LogP contribution < -0.4 is 5.73 Å². The number of anilines is 1. The van der Waals surface area contributed by atoms with Gasteiger partial charge in [-0.1, -0.05) is 0 Å². The molecule has 106 valence electrons. The lowest BCUT2D eigenvalue weighted by Gasteiger charge is -2.32. The van der Waals surface area contributed by atoms with E-state index in [9.17, 15) is 17.2 Å². The maximum Gasteiger partial charge on any atom is 0.246 e. The van der Waals surface area contributed by atoms with E-state index in [-0.39, 0.29) is 25.4 Å². The molecule has 0 aliphatic carbocycles. The van der Waals surface area contributed by atoms with Gasteiger partial charge in [-0.2, -0.15) is 4.31 Å². The Balaban J connectivity index is 2.50. The van der Waals surface area contributed by atoms with Crippen LogP contribution >= 0.6 is 0 Å². The highest BCUT2D eigenvalue weighted by atomic mass is 32.2. The molecule has 1 fully saturated rings. The van der Waals surface area contributed by atoms with Crippen LogP contribution in [-0.4, -0.2) is 38.5 Å². The first-order valence-electron chi connectivity index (χ1n) is 5.68. The van der Waals surface area contributed by atoms with E-state index in [1.54, 1.807) is 6.92 Å². The second-order valence-electron chi connectivity index (χ2n) is 4.35. The zero-order valence-corrected chi connectivity index (χ0v) is 11.1. The molecule has 1 saturated heterocycles. The highest BCUT2D eigenvalue weighted by molar-refractivity contribution is 7.89. The topological polar surface area (TPSA) is 72.6 Å². The maximum absolute atomic E-state index is 13.7. The van der Waals surface area contributed by atoms with Gasteiger partial charge in [0.2, 0.25) is 10.0 Å². The molecule has 1 aromatic rings. The number of morpholine rings is 1. The standard InChI is InChI=1S/C11H14F2N2O3S/c1-7-6-18-3-2-15(7)19(16,17)10-5-8(14)4-9(12)11(10)13/h4-5,7H,2-3,6,14H2,1H3/t7-/m1/s1. The van der Waals surface area contributed by atoms with Crippen LogP contribution in [0.25, 0.3) is 0 Å². The highest BCUT2D eigenvalue weighted by Gasteiger charge is 2.34. The minimum absolute atomic E-state index is 0.0966. The van der Waals surface area contributed by atoms with Crippen molar-refractivity contribution in [1.82, 2.24) is 4.31 Å². The van der Waals surface area contributed by atoms with E-state index in [1.165, 1.54) is 0 Å². The molecule has 0 aromatic heterocycles. The monoisotopic (exact) mass is 292 g/mol. The molecule has 2 rings (SSSR count). The second-order valence-corrected chi connectivity index (χ2v) is 6.21. The van der Waals surface area contributed by atoms with E-state index < -0.39 is 32.6 Å². The van der Waals surface area contributed by atoms with Crippen molar-refractivity contribution in [3.05, 3.63) is 23.8 Å². The van der Waals surface area contributed by atoms with Gasteiger partial charge in [0, 0.05) is 18.3 Å². The summed E-state index contributed by atoms with van der Waals surface area (Å²) in [6.07, 6.45) is 0. The first kappa shape index (κ1) is 14.2. The van der Waals surface area contributed by atoms with Crippen molar-refractivity contribution in [1.29, 1.82) is 0 Å². The molecule has 0 bridgehead atoms. The molecule has 1 aliphatic heterocycles. The predicted octanol–water partition coefficient (Wildman–Crippen LogP) is 0.956. The van der Waals surface area contributed by atoms with Gasteiger partial charge in [-0.15, -0.1) is 0 Å². The molecule has 8 heteroatoms. The van der Waals surface area contributed by atoms with Gasteiger partial charge in [0.25, 0.3) is 0 Å². The Labute approximate surface area is 110 Å². The lowest BCUT2D eigenvalue weighted by atomic mass is 10.3. The van der Waals surface area contributed by atoms with E-state index in [0.29, 0.717) is 0 Å². The summed E-state index contributed by atoms with van der Waals surface area (Å²) in [7, 11) is -4.13. The molecule has 0 radical (unpaired) electrons. The fraction of sp³-hybridized carbons (Fsp3) is 0.455. The Morgan fingerprint density at radius 1 is 1.42 bits per heavy atom. The highest BCUT2D eigenvalue weighted by Crippen LogP contribution is 2.26. The minimum atomic E-state index is -4.13. The third-order valence-electron chi connectivity index (χ3n) is 2.91. The molecule has 1 heterocycles. The fourth-order valence-corrected chi connectivity index (χ4v) is 3.68. The van der Waals surface area contributed by atoms with Crippen molar-refractivity contribution in [2.45, 2.75) is 17.9 Å². The van der Waals surface area contributed by atoms with E-state index in [2.05, 4.69) is 0 Å². The Morgan fingerprint density at radius 2 is 2.11 bits per heavy atom. The second kappa shape index (κ2) is 5.03. The van der Waals surface area contributed by atoms with Crippen LogP contribution in [0.5, 0.6) is 0 Å². The number of nitrogens with two attached hydrogens (primary N) is 1. The van der Waals surface area contributed by atoms with Gasteiger partial charge in [-0.25, -0.2) is 17.2 Å². The SMILES string of the molecule is C[C@@H]1COCCN1S(=O)(=O)c1cc(N)cc(F)c1F. The van der Waals surface area contributed by atoms with Crippen LogP contribution in [0.4, 0.5) is 14.5 Å². The van der Waals surface area contributed by atoms with Gasteiger partial charge in [0.15, 0.2) is 11.6 Å². The van der Waals surface area contributed by atoms with Crippen molar-refractivity contribution in [2.24, 2.45) is 0 Å². The number of hydrogen-bond donors (Lipinski definition) is 1. The molecule has 1 atom stereocenters. The van der Waals surface area contributed by atoms with Gasteiger partial charge in [-0.3, -0.25) is 0 Å². The number of hydrogen-bond acceptors (Lipinski definition) is 4. The average molecular weight is 292 g/mol. The Hall–Kier alpha value is -1.25. The summed E-state index contributed by atoms with van der Waals surface area (Å²) in [6, 6.07) is 1.23. The average Bonchev–Trinajstić information content (AvgIpc) is 2.34. The molecule has 0 spiro atoms. The number of halogens is 2. The van der Waals surface area contributed by atoms with Gasteiger partial charge >= 0.3 is 0 Å². The zero-order valence-electron chi connectivity index (χ0n) is 10.3. The predicted molar refractivity (Wildman–Crippen MR) is 64.9 cm³/mol. The quantitative estimate of drug-likeness (QED) is 0.824. The zero-order chi connectivity index (χ0) is 14.2. The molecule has 19 heavy (non-hydrogen) atoms. The summed E-state index contributed by atoms with van der Waals surface area (Å²) in [6.45, 7) is 2.16. The van der Waals surface area contributed by atoms with Crippen molar-refractivity contribution in [2.75, 3.05) is 25.5 Å². The molecule has 2 N–H and O–H groups in total. The van der Waals surface area contributed by atoms with Crippen molar-refractivity contribution in [3.63, 3.8) is 0 Å². The van der Waals surface area contributed by atoms with Crippen molar-refractivity contribution >= 4 is 15.7 Å². The summed E-state index contributed by atoms with van der Waals surface area (Å²) in [5, 5.41) is 0. The molecule has 0 unspecified atom stereocenters. The molecule has 5 nitrogen and oxygen atoms in total. The van der Waals surface area contributed by atoms with Crippen molar-refractivity contribution in [3.8, 4) is 0 Å².